The van der Waals surface area contributed by atoms with Gasteiger partial charge < -0.3 is 9.88 Å². The van der Waals surface area contributed by atoms with Gasteiger partial charge in [0.05, 0.1) is 0 Å². The van der Waals surface area contributed by atoms with E-state index in [0.717, 1.165) is 24.3 Å². The van der Waals surface area contributed by atoms with E-state index in [0.29, 0.717) is 0 Å². The van der Waals surface area contributed by atoms with Crippen LogP contribution in [0.2, 0.25) is 0 Å². The third-order valence-corrected chi connectivity index (χ3v) is 3.39. The van der Waals surface area contributed by atoms with Crippen LogP contribution in [-0.2, 0) is 7.05 Å². The van der Waals surface area contributed by atoms with Crippen LogP contribution >= 0.6 is 0 Å². The lowest BCUT2D eigenvalue weighted by Crippen LogP contribution is -2.38. The van der Waals surface area contributed by atoms with Crippen LogP contribution in [-0.4, -0.2) is 27.8 Å². The predicted octanol–water partition coefficient (Wildman–Crippen LogP) is 2.18. The fourth-order valence-corrected chi connectivity index (χ4v) is 2.15. The van der Waals surface area contributed by atoms with Gasteiger partial charge in [0.2, 0.25) is 0 Å². The lowest BCUT2D eigenvalue weighted by atomic mass is 10.0. The molecule has 2 amide bonds. The molecule has 0 aliphatic heterocycles. The Hall–Kier alpha value is -2.81. The van der Waals surface area contributed by atoms with Gasteiger partial charge in [-0.05, 0) is 29.8 Å². The number of nitrogens with zero attached hydrogens (tertiary/aromatic N) is 1. The van der Waals surface area contributed by atoms with Crippen LogP contribution in [0, 0.1) is 0 Å². The lowest BCUT2D eigenvalue weighted by molar-refractivity contribution is -0.155. The van der Waals surface area contributed by atoms with Gasteiger partial charge in [-0.1, -0.05) is 12.1 Å². The van der Waals surface area contributed by atoms with Gasteiger partial charge in [-0.25, -0.2) is 5.48 Å². The number of rotatable bonds is 4. The summed E-state index contributed by atoms with van der Waals surface area (Å²) in [6, 6.07) is 5.08. The highest BCUT2D eigenvalue weighted by Gasteiger charge is 2.42. The first-order valence-corrected chi connectivity index (χ1v) is 6.77. The number of alkyl halides is 3. The molecule has 0 aliphatic rings. The summed E-state index contributed by atoms with van der Waals surface area (Å²) in [5.41, 5.74) is 1.21. The number of benzene rings is 1. The van der Waals surface area contributed by atoms with Crippen molar-refractivity contribution in [2.75, 3.05) is 0 Å². The third-order valence-electron chi connectivity index (χ3n) is 3.39. The summed E-state index contributed by atoms with van der Waals surface area (Å²) in [5.74, 6) is -1.72. The summed E-state index contributed by atoms with van der Waals surface area (Å²) in [6.07, 6.45) is -3.18. The van der Waals surface area contributed by atoms with Crippen molar-refractivity contribution in [2.24, 2.45) is 7.05 Å². The zero-order valence-corrected chi connectivity index (χ0v) is 12.5. The zero-order valence-electron chi connectivity index (χ0n) is 12.5. The molecule has 2 rings (SSSR count). The van der Waals surface area contributed by atoms with E-state index in [4.69, 9.17) is 5.21 Å². The molecule has 0 fully saturated rings. The van der Waals surface area contributed by atoms with Crippen molar-refractivity contribution in [2.45, 2.75) is 12.2 Å². The largest absolute Gasteiger partial charge is 0.412 e. The first-order valence-electron chi connectivity index (χ1n) is 6.77. The van der Waals surface area contributed by atoms with E-state index in [1.54, 1.807) is 19.3 Å². The SMILES string of the molecule is Cn1cccc1C(=O)N[C@H](c1ccc(C(=O)NO)cc1)C(F)(F)F. The Morgan fingerprint density at radius 1 is 1.12 bits per heavy atom. The number of aryl methyl sites for hydroxylation is 1. The number of halogens is 3. The summed E-state index contributed by atoms with van der Waals surface area (Å²) in [4.78, 5) is 23.3. The van der Waals surface area contributed by atoms with Gasteiger partial charge in [-0.15, -0.1) is 0 Å². The molecule has 1 aromatic heterocycles. The molecule has 6 nitrogen and oxygen atoms in total. The predicted molar refractivity (Wildman–Crippen MR) is 77.4 cm³/mol. The Bertz CT molecular complexity index is 738. The lowest BCUT2D eigenvalue weighted by Gasteiger charge is -2.22. The first kappa shape index (κ1) is 17.5. The molecule has 128 valence electrons. The smallest absolute Gasteiger partial charge is 0.347 e. The van der Waals surface area contributed by atoms with Gasteiger partial charge in [0.25, 0.3) is 11.8 Å². The van der Waals surface area contributed by atoms with Crippen molar-refractivity contribution >= 4 is 11.8 Å². The molecule has 1 atom stereocenters. The van der Waals surface area contributed by atoms with Crippen molar-refractivity contribution in [3.63, 3.8) is 0 Å². The van der Waals surface area contributed by atoms with E-state index in [2.05, 4.69) is 0 Å². The van der Waals surface area contributed by atoms with E-state index in [-0.39, 0.29) is 16.8 Å². The molecule has 9 heteroatoms. The minimum absolute atomic E-state index is 0.0177. The second-order valence-electron chi connectivity index (χ2n) is 5.02. The topological polar surface area (TPSA) is 83.4 Å². The third kappa shape index (κ3) is 3.74. The molecule has 3 N–H and O–H groups in total. The average Bonchev–Trinajstić information content (AvgIpc) is 2.97. The highest BCUT2D eigenvalue weighted by molar-refractivity contribution is 5.94. The molecule has 0 spiro atoms. The van der Waals surface area contributed by atoms with E-state index in [9.17, 15) is 22.8 Å². The highest BCUT2D eigenvalue weighted by Crippen LogP contribution is 2.33. The average molecular weight is 341 g/mol. The highest BCUT2D eigenvalue weighted by atomic mass is 19.4. The van der Waals surface area contributed by atoms with Crippen molar-refractivity contribution in [3.05, 3.63) is 59.4 Å². The molecule has 0 aliphatic carbocycles. The zero-order chi connectivity index (χ0) is 17.9. The van der Waals surface area contributed by atoms with Crippen molar-refractivity contribution in [1.82, 2.24) is 15.4 Å². The Balaban J connectivity index is 2.28. The van der Waals surface area contributed by atoms with Gasteiger partial charge in [0, 0.05) is 18.8 Å². The summed E-state index contributed by atoms with van der Waals surface area (Å²) >= 11 is 0. The molecule has 0 saturated heterocycles. The van der Waals surface area contributed by atoms with Gasteiger partial charge in [0.15, 0.2) is 6.04 Å². The fourth-order valence-electron chi connectivity index (χ4n) is 2.15. The number of amides is 2. The van der Waals surface area contributed by atoms with Crippen LogP contribution in [0.1, 0.15) is 32.5 Å². The molecular formula is C15H14F3N3O3. The fraction of sp³-hybridized carbons (Fsp3) is 0.200. The molecule has 0 bridgehead atoms. The summed E-state index contributed by atoms with van der Waals surface area (Å²) < 4.78 is 41.3. The molecule has 0 saturated carbocycles. The molecule has 1 heterocycles. The number of hydrogen-bond acceptors (Lipinski definition) is 3. The van der Waals surface area contributed by atoms with Gasteiger partial charge in [-0.2, -0.15) is 13.2 Å². The summed E-state index contributed by atoms with van der Waals surface area (Å²) in [7, 11) is 1.54. The van der Waals surface area contributed by atoms with Crippen LogP contribution in [0.5, 0.6) is 0 Å². The maximum Gasteiger partial charge on any atom is 0.412 e. The van der Waals surface area contributed by atoms with Crippen LogP contribution in [0.15, 0.2) is 42.6 Å². The van der Waals surface area contributed by atoms with E-state index >= 15 is 0 Å². The molecule has 2 aromatic rings. The molecule has 1 aromatic carbocycles. The maximum absolute atomic E-state index is 13.3. The Kier molecular flexibility index (Phi) is 4.93. The monoisotopic (exact) mass is 341 g/mol. The minimum Gasteiger partial charge on any atom is -0.347 e. The van der Waals surface area contributed by atoms with Gasteiger partial charge in [-0.3, -0.25) is 14.8 Å². The molecule has 0 unspecified atom stereocenters. The van der Waals surface area contributed by atoms with E-state index in [1.165, 1.54) is 16.1 Å². The number of carbonyl (C=O) groups excluding carboxylic acids is 2. The standard InChI is InChI=1S/C15H14F3N3O3/c1-21-8-2-3-11(21)14(23)19-12(15(16,17)18)9-4-6-10(7-5-9)13(22)20-24/h2-8,12,24H,1H3,(H,19,23)(H,20,22)/t12-/m1/s1. The maximum atomic E-state index is 13.3. The van der Waals surface area contributed by atoms with Crippen LogP contribution in [0.3, 0.4) is 0 Å². The molecule has 24 heavy (non-hydrogen) atoms. The number of nitrogens with one attached hydrogen (secondary N) is 2. The van der Waals surface area contributed by atoms with Crippen LogP contribution < -0.4 is 10.8 Å². The van der Waals surface area contributed by atoms with Crippen molar-refractivity contribution in [3.8, 4) is 0 Å². The van der Waals surface area contributed by atoms with Crippen LogP contribution in [0.4, 0.5) is 13.2 Å². The Morgan fingerprint density at radius 3 is 2.21 bits per heavy atom. The molecular weight excluding hydrogens is 327 g/mol. The first-order chi connectivity index (χ1) is 11.2. The number of hydroxylamine groups is 1. The van der Waals surface area contributed by atoms with Crippen LogP contribution in [0.25, 0.3) is 0 Å². The second-order valence-corrected chi connectivity index (χ2v) is 5.02. The normalized spacial score (nSPS) is 12.5. The number of hydrogen-bond donors (Lipinski definition) is 3. The Labute approximate surface area is 134 Å². The number of carbonyl (C=O) groups is 2. The van der Waals surface area contributed by atoms with E-state index in [1.807, 2.05) is 5.32 Å². The number of aromatic nitrogens is 1. The van der Waals surface area contributed by atoms with Crippen molar-refractivity contribution < 1.29 is 28.0 Å². The van der Waals surface area contributed by atoms with Gasteiger partial charge in [0.1, 0.15) is 5.69 Å². The van der Waals surface area contributed by atoms with Crippen molar-refractivity contribution in [1.29, 1.82) is 0 Å². The minimum atomic E-state index is -4.72. The van der Waals surface area contributed by atoms with E-state index < -0.39 is 24.0 Å². The quantitative estimate of drug-likeness (QED) is 0.589. The molecule has 0 radical (unpaired) electrons. The second kappa shape index (κ2) is 6.75. The summed E-state index contributed by atoms with van der Waals surface area (Å²) in [6.45, 7) is 0. The van der Waals surface area contributed by atoms with Gasteiger partial charge >= 0.3 is 6.18 Å². The Morgan fingerprint density at radius 2 is 1.75 bits per heavy atom. The summed E-state index contributed by atoms with van der Waals surface area (Å²) in [5, 5.41) is 10.5.